The fraction of sp³-hybridized carbons (Fsp3) is 0.273. The van der Waals surface area contributed by atoms with E-state index in [1.54, 1.807) is 6.20 Å². The molecule has 5 rings (SSSR count). The second-order valence-electron chi connectivity index (χ2n) is 7.63. The van der Waals surface area contributed by atoms with E-state index in [1.165, 1.54) is 5.56 Å². The fourth-order valence-electron chi connectivity index (χ4n) is 4.21. The Morgan fingerprint density at radius 1 is 1.07 bits per heavy atom. The number of likely N-dealkylation sites (tertiary alicyclic amines) is 1. The van der Waals surface area contributed by atoms with Gasteiger partial charge >= 0.3 is 0 Å². The monoisotopic (exact) mass is 359 g/mol. The molecule has 0 atom stereocenters. The second kappa shape index (κ2) is 5.98. The first kappa shape index (κ1) is 16.1. The number of carbonyl (C=O) groups excluding carboxylic acids is 1. The van der Waals surface area contributed by atoms with E-state index < -0.39 is 0 Å². The predicted molar refractivity (Wildman–Crippen MR) is 103 cm³/mol. The zero-order valence-electron chi connectivity index (χ0n) is 15.3. The molecule has 5 nitrogen and oxygen atoms in total. The quantitative estimate of drug-likeness (QED) is 0.706. The van der Waals surface area contributed by atoms with Crippen LogP contribution < -0.4 is 4.74 Å². The third kappa shape index (κ3) is 2.62. The molecule has 2 aromatic carbocycles. The standard InChI is InChI=1S/C22H21N3O2/c1-24-18(12-23-20(24)16-7-3-2-4-8-16)21(26)25-13-22(14-25)11-17-9-5-6-10-19(17)27-15-22/h2-10,12H,11,13-15H2,1H3. The van der Waals surface area contributed by atoms with Gasteiger partial charge in [-0.2, -0.15) is 0 Å². The maximum atomic E-state index is 13.0. The Kier molecular flexibility index (Phi) is 3.57. The molecule has 0 saturated carbocycles. The molecule has 3 heterocycles. The average Bonchev–Trinajstić information content (AvgIpc) is 3.07. The number of aromatic nitrogens is 2. The van der Waals surface area contributed by atoms with Crippen molar-refractivity contribution in [3.05, 3.63) is 72.1 Å². The van der Waals surface area contributed by atoms with Gasteiger partial charge in [-0.25, -0.2) is 4.98 Å². The molecule has 2 aliphatic rings. The van der Waals surface area contributed by atoms with Gasteiger partial charge in [0, 0.05) is 31.1 Å². The van der Waals surface area contributed by atoms with Crippen LogP contribution in [0.25, 0.3) is 11.4 Å². The van der Waals surface area contributed by atoms with Crippen LogP contribution in [-0.4, -0.2) is 40.1 Å². The van der Waals surface area contributed by atoms with Gasteiger partial charge in [0.25, 0.3) is 5.91 Å². The van der Waals surface area contributed by atoms with Crippen molar-refractivity contribution in [1.82, 2.24) is 14.5 Å². The lowest BCUT2D eigenvalue weighted by atomic mass is 9.74. The summed E-state index contributed by atoms with van der Waals surface area (Å²) in [6.07, 6.45) is 2.65. The van der Waals surface area contributed by atoms with E-state index in [9.17, 15) is 4.79 Å². The van der Waals surface area contributed by atoms with E-state index in [2.05, 4.69) is 11.1 Å². The Morgan fingerprint density at radius 3 is 2.63 bits per heavy atom. The van der Waals surface area contributed by atoms with E-state index >= 15 is 0 Å². The number of ether oxygens (including phenoxy) is 1. The van der Waals surface area contributed by atoms with Crippen LogP contribution in [0.15, 0.2) is 60.8 Å². The number of benzene rings is 2. The van der Waals surface area contributed by atoms with Crippen LogP contribution in [0.1, 0.15) is 16.1 Å². The van der Waals surface area contributed by atoms with Crippen LogP contribution in [0.4, 0.5) is 0 Å². The third-order valence-corrected chi connectivity index (χ3v) is 5.65. The second-order valence-corrected chi connectivity index (χ2v) is 7.63. The molecule has 1 fully saturated rings. The van der Waals surface area contributed by atoms with E-state index in [0.717, 1.165) is 36.6 Å². The van der Waals surface area contributed by atoms with Crippen molar-refractivity contribution in [3.63, 3.8) is 0 Å². The Balaban J connectivity index is 1.32. The Morgan fingerprint density at radius 2 is 1.81 bits per heavy atom. The summed E-state index contributed by atoms with van der Waals surface area (Å²) < 4.78 is 7.83. The van der Waals surface area contributed by atoms with E-state index in [4.69, 9.17) is 4.74 Å². The van der Waals surface area contributed by atoms with E-state index in [0.29, 0.717) is 12.3 Å². The Hall–Kier alpha value is -3.08. The molecule has 1 spiro atoms. The van der Waals surface area contributed by atoms with Gasteiger partial charge in [-0.1, -0.05) is 48.5 Å². The lowest BCUT2D eigenvalue weighted by molar-refractivity contribution is -0.0295. The third-order valence-electron chi connectivity index (χ3n) is 5.65. The number of hydrogen-bond acceptors (Lipinski definition) is 3. The molecule has 5 heteroatoms. The largest absolute Gasteiger partial charge is 0.493 e. The first-order chi connectivity index (χ1) is 13.2. The summed E-state index contributed by atoms with van der Waals surface area (Å²) in [5, 5.41) is 0. The van der Waals surface area contributed by atoms with Crippen molar-refractivity contribution >= 4 is 5.91 Å². The number of rotatable bonds is 2. The maximum absolute atomic E-state index is 13.0. The first-order valence-corrected chi connectivity index (χ1v) is 9.22. The van der Waals surface area contributed by atoms with Gasteiger partial charge < -0.3 is 14.2 Å². The van der Waals surface area contributed by atoms with Crippen molar-refractivity contribution < 1.29 is 9.53 Å². The molecular formula is C22H21N3O2. The molecule has 0 bridgehead atoms. The van der Waals surface area contributed by atoms with Crippen LogP contribution in [-0.2, 0) is 13.5 Å². The highest BCUT2D eigenvalue weighted by atomic mass is 16.5. The van der Waals surface area contributed by atoms with Crippen molar-refractivity contribution in [1.29, 1.82) is 0 Å². The van der Waals surface area contributed by atoms with Crippen LogP contribution in [0.3, 0.4) is 0 Å². The number of fused-ring (bicyclic) bond motifs is 1. The molecule has 0 N–H and O–H groups in total. The molecule has 1 aromatic heterocycles. The molecule has 1 saturated heterocycles. The Bertz CT molecular complexity index is 1000. The van der Waals surface area contributed by atoms with Gasteiger partial charge in [-0.15, -0.1) is 0 Å². The van der Waals surface area contributed by atoms with Crippen LogP contribution in [0.5, 0.6) is 5.75 Å². The highest BCUT2D eigenvalue weighted by Crippen LogP contribution is 2.41. The fourth-order valence-corrected chi connectivity index (χ4v) is 4.21. The lowest BCUT2D eigenvalue weighted by Crippen LogP contribution is -2.63. The molecule has 1 amide bonds. The van der Waals surface area contributed by atoms with Gasteiger partial charge in [0.05, 0.1) is 12.8 Å². The zero-order chi connectivity index (χ0) is 18.4. The van der Waals surface area contributed by atoms with Crippen LogP contribution in [0.2, 0.25) is 0 Å². The van der Waals surface area contributed by atoms with Gasteiger partial charge in [0.15, 0.2) is 0 Å². The molecule has 0 unspecified atom stereocenters. The zero-order valence-corrected chi connectivity index (χ0v) is 15.3. The van der Waals surface area contributed by atoms with Gasteiger partial charge in [0.2, 0.25) is 0 Å². The molecule has 3 aromatic rings. The van der Waals surface area contributed by atoms with Crippen LogP contribution in [0, 0.1) is 5.41 Å². The highest BCUT2D eigenvalue weighted by Gasteiger charge is 2.48. The SMILES string of the molecule is Cn1c(C(=O)N2CC3(COc4ccccc4C3)C2)cnc1-c1ccccc1. The summed E-state index contributed by atoms with van der Waals surface area (Å²) in [6.45, 7) is 2.13. The minimum atomic E-state index is 0.0386. The Labute approximate surface area is 158 Å². The minimum Gasteiger partial charge on any atom is -0.493 e. The number of para-hydroxylation sites is 1. The molecule has 27 heavy (non-hydrogen) atoms. The van der Waals surface area contributed by atoms with Gasteiger partial charge in [-0.05, 0) is 18.1 Å². The number of nitrogens with zero attached hydrogens (tertiary/aromatic N) is 3. The first-order valence-electron chi connectivity index (χ1n) is 9.22. The minimum absolute atomic E-state index is 0.0386. The van der Waals surface area contributed by atoms with Gasteiger partial charge in [-0.3, -0.25) is 4.79 Å². The van der Waals surface area contributed by atoms with Gasteiger partial charge in [0.1, 0.15) is 17.3 Å². The topological polar surface area (TPSA) is 47.4 Å². The van der Waals surface area contributed by atoms with E-state index in [1.807, 2.05) is 65.0 Å². The number of imidazole rings is 1. The van der Waals surface area contributed by atoms with Crippen molar-refractivity contribution in [2.45, 2.75) is 6.42 Å². The summed E-state index contributed by atoms with van der Waals surface area (Å²) in [5.74, 6) is 1.83. The summed E-state index contributed by atoms with van der Waals surface area (Å²) in [4.78, 5) is 19.4. The molecular weight excluding hydrogens is 338 g/mol. The van der Waals surface area contributed by atoms with Crippen molar-refractivity contribution in [2.24, 2.45) is 12.5 Å². The smallest absolute Gasteiger partial charge is 0.272 e. The van der Waals surface area contributed by atoms with Crippen LogP contribution >= 0.6 is 0 Å². The molecule has 0 aliphatic carbocycles. The van der Waals surface area contributed by atoms with Crippen molar-refractivity contribution in [2.75, 3.05) is 19.7 Å². The summed E-state index contributed by atoms with van der Waals surface area (Å²) >= 11 is 0. The number of carbonyl (C=O) groups is 1. The lowest BCUT2D eigenvalue weighted by Gasteiger charge is -2.51. The number of hydrogen-bond donors (Lipinski definition) is 0. The summed E-state index contributed by atoms with van der Waals surface area (Å²) in [5.41, 5.74) is 2.92. The van der Waals surface area contributed by atoms with E-state index in [-0.39, 0.29) is 11.3 Å². The predicted octanol–water partition coefficient (Wildman–Crippen LogP) is 3.16. The summed E-state index contributed by atoms with van der Waals surface area (Å²) in [7, 11) is 1.90. The average molecular weight is 359 g/mol. The molecule has 0 radical (unpaired) electrons. The summed E-state index contributed by atoms with van der Waals surface area (Å²) in [6, 6.07) is 18.1. The maximum Gasteiger partial charge on any atom is 0.272 e. The highest BCUT2D eigenvalue weighted by molar-refractivity contribution is 5.94. The molecule has 136 valence electrons. The number of amides is 1. The molecule has 2 aliphatic heterocycles. The normalized spacial score (nSPS) is 17.1. The van der Waals surface area contributed by atoms with Crippen molar-refractivity contribution in [3.8, 4) is 17.1 Å².